The van der Waals surface area contributed by atoms with E-state index in [2.05, 4.69) is 154 Å². The van der Waals surface area contributed by atoms with Crippen molar-refractivity contribution in [2.75, 3.05) is 13.2 Å². The molecule has 0 aliphatic carbocycles. The third-order valence-corrected chi connectivity index (χ3v) is 10.8. The van der Waals surface area contributed by atoms with E-state index in [1.165, 1.54) is 51.4 Å². The Hall–Kier alpha value is -4.71. The summed E-state index contributed by atoms with van der Waals surface area (Å²) in [4.78, 5) is 38.0. The summed E-state index contributed by atoms with van der Waals surface area (Å²) in [7, 11) is 0. The minimum absolute atomic E-state index is 0.136. The van der Waals surface area contributed by atoms with Gasteiger partial charge in [-0.2, -0.15) is 0 Å². The fraction of sp³-hybridized carbons (Fsp3) is 0.571. The number of unbranched alkanes of at least 4 members (excludes halogenated alkanes) is 12. The number of esters is 3. The molecule has 0 heterocycles. The highest BCUT2D eigenvalue weighted by molar-refractivity contribution is 5.71. The lowest BCUT2D eigenvalue weighted by molar-refractivity contribution is -0.166. The van der Waals surface area contributed by atoms with Gasteiger partial charge in [-0.05, 0) is 122 Å². The summed E-state index contributed by atoms with van der Waals surface area (Å²) in [6.07, 6.45) is 80.0. The van der Waals surface area contributed by atoms with Crippen LogP contribution in [0.4, 0.5) is 0 Å². The van der Waals surface area contributed by atoms with Crippen molar-refractivity contribution in [3.63, 3.8) is 0 Å². The third-order valence-electron chi connectivity index (χ3n) is 10.8. The topological polar surface area (TPSA) is 78.9 Å². The van der Waals surface area contributed by atoms with E-state index in [9.17, 15) is 14.4 Å². The minimum Gasteiger partial charge on any atom is -0.462 e. The Morgan fingerprint density at radius 3 is 1.01 bits per heavy atom. The Morgan fingerprint density at radius 1 is 0.304 bits per heavy atom. The second kappa shape index (κ2) is 55.9. The molecule has 0 bridgehead atoms. The van der Waals surface area contributed by atoms with Crippen molar-refractivity contribution in [2.24, 2.45) is 0 Å². The summed E-state index contributed by atoms with van der Waals surface area (Å²) < 4.78 is 16.7. The van der Waals surface area contributed by atoms with Crippen LogP contribution in [0.15, 0.2) is 146 Å². The predicted molar refractivity (Wildman–Crippen MR) is 297 cm³/mol. The number of rotatable bonds is 47. The van der Waals surface area contributed by atoms with Gasteiger partial charge in [0.25, 0.3) is 0 Å². The lowest BCUT2D eigenvalue weighted by Crippen LogP contribution is -2.30. The van der Waals surface area contributed by atoms with Crippen LogP contribution in [-0.2, 0) is 28.6 Å². The van der Waals surface area contributed by atoms with Gasteiger partial charge in [0.05, 0.1) is 0 Å². The molecular formula is C63H98O6. The summed E-state index contributed by atoms with van der Waals surface area (Å²) in [5.74, 6) is -1.10. The molecule has 6 heteroatoms. The molecule has 0 aromatic carbocycles. The Balaban J connectivity index is 4.57. The van der Waals surface area contributed by atoms with Gasteiger partial charge in [-0.1, -0.05) is 218 Å². The molecule has 0 spiro atoms. The van der Waals surface area contributed by atoms with Gasteiger partial charge in [0.15, 0.2) is 6.10 Å². The quantitative estimate of drug-likeness (QED) is 0.0262. The van der Waals surface area contributed by atoms with Gasteiger partial charge < -0.3 is 14.2 Å². The number of allylic oxidation sites excluding steroid dienone is 24. The maximum absolute atomic E-state index is 12.8. The second-order valence-corrected chi connectivity index (χ2v) is 17.4. The monoisotopic (exact) mass is 951 g/mol. The second-order valence-electron chi connectivity index (χ2n) is 17.4. The molecule has 0 saturated heterocycles. The average Bonchev–Trinajstić information content (AvgIpc) is 3.35. The normalized spacial score (nSPS) is 13.3. The summed E-state index contributed by atoms with van der Waals surface area (Å²) in [5.41, 5.74) is 0. The van der Waals surface area contributed by atoms with Gasteiger partial charge in [0, 0.05) is 19.3 Å². The number of ether oxygens (including phenoxy) is 3. The zero-order chi connectivity index (χ0) is 50.0. The van der Waals surface area contributed by atoms with Crippen LogP contribution in [0.3, 0.4) is 0 Å². The molecule has 386 valence electrons. The Labute approximate surface area is 423 Å². The molecule has 1 unspecified atom stereocenters. The van der Waals surface area contributed by atoms with E-state index >= 15 is 0 Å². The number of hydrogen-bond donors (Lipinski definition) is 0. The van der Waals surface area contributed by atoms with Gasteiger partial charge in [-0.25, -0.2) is 0 Å². The van der Waals surface area contributed by atoms with E-state index < -0.39 is 12.1 Å². The highest BCUT2D eigenvalue weighted by Gasteiger charge is 2.19. The molecule has 0 aromatic heterocycles. The summed E-state index contributed by atoms with van der Waals surface area (Å²) in [6.45, 7) is 6.25. The van der Waals surface area contributed by atoms with E-state index in [0.717, 1.165) is 109 Å². The standard InChI is InChI=1S/C63H98O6/c1-4-7-10-13-16-19-22-25-27-29-30-31-32-34-35-38-41-44-47-50-53-56-62(65)68-59-60(58-67-61(64)55-52-49-46-43-40-37-24-21-18-15-12-9-6-3)69-63(66)57-54-51-48-45-42-39-36-33-28-26-23-20-17-14-11-8-5-2/h8-9,11-12,17-18,20-22,25-26,28-30,32,34,36-37,39-40,45-46,48-49,60H,4-7,10,13-16,19,23-24,27,31,33,35,38,41-44,47,50-59H2,1-3H3/b11-8-,12-9-,20-17-,21-18-,25-22-,28-26-,30-29-,34-32-,39-36-,40-37-,48-45-,49-46-. The van der Waals surface area contributed by atoms with Crippen LogP contribution in [0.1, 0.15) is 213 Å². The SMILES string of the molecule is CC/C=C\C/C=C\C/C=C\C/C=C\C/C=C\CCCC(=O)OC(COC(=O)CC/C=C\C/C=C\C/C=C\C/C=C\CC)COC(=O)CCCCCCCC/C=C\C/C=C\C/C=C\CCCCCCC. The Kier molecular flexibility index (Phi) is 52.1. The maximum Gasteiger partial charge on any atom is 0.306 e. The van der Waals surface area contributed by atoms with E-state index in [1.54, 1.807) is 0 Å². The first kappa shape index (κ1) is 64.3. The molecule has 0 fully saturated rings. The molecule has 0 aromatic rings. The molecule has 0 amide bonds. The van der Waals surface area contributed by atoms with Crippen LogP contribution in [0.25, 0.3) is 0 Å². The van der Waals surface area contributed by atoms with Crippen molar-refractivity contribution in [3.05, 3.63) is 146 Å². The van der Waals surface area contributed by atoms with Crippen molar-refractivity contribution in [1.29, 1.82) is 0 Å². The van der Waals surface area contributed by atoms with Gasteiger partial charge in [0.1, 0.15) is 13.2 Å². The smallest absolute Gasteiger partial charge is 0.306 e. The van der Waals surface area contributed by atoms with Crippen LogP contribution in [0, 0.1) is 0 Å². The molecule has 0 rings (SSSR count). The van der Waals surface area contributed by atoms with Crippen LogP contribution >= 0.6 is 0 Å². The Bertz CT molecular complexity index is 1560. The largest absolute Gasteiger partial charge is 0.462 e. The number of carbonyl (C=O) groups excluding carboxylic acids is 3. The van der Waals surface area contributed by atoms with Gasteiger partial charge in [0.2, 0.25) is 0 Å². The van der Waals surface area contributed by atoms with Crippen molar-refractivity contribution in [1.82, 2.24) is 0 Å². The summed E-state index contributed by atoms with van der Waals surface area (Å²) >= 11 is 0. The molecule has 0 aliphatic heterocycles. The lowest BCUT2D eigenvalue weighted by Gasteiger charge is -2.18. The third kappa shape index (κ3) is 54.1. The van der Waals surface area contributed by atoms with Gasteiger partial charge in [-0.15, -0.1) is 0 Å². The van der Waals surface area contributed by atoms with Crippen molar-refractivity contribution < 1.29 is 28.6 Å². The fourth-order valence-electron chi connectivity index (χ4n) is 6.79. The average molecular weight is 951 g/mol. The first-order chi connectivity index (χ1) is 34.0. The van der Waals surface area contributed by atoms with Crippen LogP contribution in [0.5, 0.6) is 0 Å². The minimum atomic E-state index is -0.849. The lowest BCUT2D eigenvalue weighted by atomic mass is 10.1. The van der Waals surface area contributed by atoms with Crippen molar-refractivity contribution in [2.45, 2.75) is 219 Å². The van der Waals surface area contributed by atoms with Crippen LogP contribution in [-0.4, -0.2) is 37.2 Å². The van der Waals surface area contributed by atoms with Crippen molar-refractivity contribution in [3.8, 4) is 0 Å². The molecule has 0 N–H and O–H groups in total. The highest BCUT2D eigenvalue weighted by Crippen LogP contribution is 2.12. The van der Waals surface area contributed by atoms with E-state index in [1.807, 2.05) is 12.2 Å². The first-order valence-electron chi connectivity index (χ1n) is 27.3. The molecule has 69 heavy (non-hydrogen) atoms. The van der Waals surface area contributed by atoms with E-state index in [-0.39, 0.29) is 38.0 Å². The van der Waals surface area contributed by atoms with Crippen LogP contribution in [0.2, 0.25) is 0 Å². The molecule has 0 aliphatic rings. The summed E-state index contributed by atoms with van der Waals surface area (Å²) in [5, 5.41) is 0. The van der Waals surface area contributed by atoms with E-state index in [4.69, 9.17) is 14.2 Å². The summed E-state index contributed by atoms with van der Waals surface area (Å²) in [6, 6.07) is 0. The zero-order valence-electron chi connectivity index (χ0n) is 44.0. The Morgan fingerprint density at radius 2 is 0.609 bits per heavy atom. The highest BCUT2D eigenvalue weighted by atomic mass is 16.6. The van der Waals surface area contributed by atoms with Crippen LogP contribution < -0.4 is 0 Å². The van der Waals surface area contributed by atoms with Gasteiger partial charge in [-0.3, -0.25) is 14.4 Å². The first-order valence-corrected chi connectivity index (χ1v) is 27.3. The number of carbonyl (C=O) groups is 3. The predicted octanol–water partition coefficient (Wildman–Crippen LogP) is 18.4. The van der Waals surface area contributed by atoms with Gasteiger partial charge >= 0.3 is 17.9 Å². The molecule has 6 nitrogen and oxygen atoms in total. The maximum atomic E-state index is 12.8. The van der Waals surface area contributed by atoms with Crippen molar-refractivity contribution >= 4 is 17.9 Å². The zero-order valence-corrected chi connectivity index (χ0v) is 44.0. The molecule has 0 saturated carbocycles. The molecule has 1 atom stereocenters. The molecule has 0 radical (unpaired) electrons. The fourth-order valence-corrected chi connectivity index (χ4v) is 6.79. The molecular weight excluding hydrogens is 853 g/mol. The number of hydrogen-bond acceptors (Lipinski definition) is 6. The van der Waals surface area contributed by atoms with E-state index in [0.29, 0.717) is 19.3 Å².